The van der Waals surface area contributed by atoms with Crippen LogP contribution < -0.4 is 0 Å². The smallest absolute Gasteiger partial charge is 0.178 e. The summed E-state index contributed by atoms with van der Waals surface area (Å²) in [5.74, 6) is -0.345. The van der Waals surface area contributed by atoms with Gasteiger partial charge < -0.3 is 9.84 Å². The van der Waals surface area contributed by atoms with Gasteiger partial charge in [-0.3, -0.25) is 0 Å². The zero-order chi connectivity index (χ0) is 19.3. The zero-order valence-electron chi connectivity index (χ0n) is 15.5. The normalized spacial score (nSPS) is 23.3. The predicted molar refractivity (Wildman–Crippen MR) is 109 cm³/mol. The highest BCUT2D eigenvalue weighted by atomic mass is 32.2. The van der Waals surface area contributed by atoms with E-state index in [1.807, 2.05) is 48.7 Å². The monoisotopic (exact) mass is 406 g/mol. The minimum absolute atomic E-state index is 0.0207. The van der Waals surface area contributed by atoms with Crippen LogP contribution in [0.1, 0.15) is 24.8 Å². The Kier molecular flexibility index (Phi) is 6.98. The first-order chi connectivity index (χ1) is 13.0. The van der Waals surface area contributed by atoms with Gasteiger partial charge >= 0.3 is 0 Å². The molecule has 1 fully saturated rings. The summed E-state index contributed by atoms with van der Waals surface area (Å²) >= 11 is 1.58. The van der Waals surface area contributed by atoms with Crippen LogP contribution in [0.4, 0.5) is 0 Å². The summed E-state index contributed by atoms with van der Waals surface area (Å²) in [5, 5.41) is 10.3. The van der Waals surface area contributed by atoms with Crippen molar-refractivity contribution >= 4 is 21.6 Å². The largest absolute Gasteiger partial charge is 0.393 e. The highest BCUT2D eigenvalue weighted by Crippen LogP contribution is 2.30. The molecular weight excluding hydrogens is 380 g/mol. The molecule has 1 aliphatic rings. The molecule has 2 aromatic rings. The quantitative estimate of drug-likeness (QED) is 0.706. The SMILES string of the molecule is CSc1ccc(S(=O)(=O)C[C@@H]2C[C@@H](OCc3ccccc3)CC[C@H]2O)cc1. The van der Waals surface area contributed by atoms with E-state index >= 15 is 0 Å². The van der Waals surface area contributed by atoms with Crippen LogP contribution in [0.3, 0.4) is 0 Å². The van der Waals surface area contributed by atoms with Gasteiger partial charge in [-0.2, -0.15) is 0 Å². The summed E-state index contributed by atoms with van der Waals surface area (Å²) in [6, 6.07) is 16.9. The van der Waals surface area contributed by atoms with Crippen LogP contribution >= 0.6 is 11.8 Å². The third-order valence-electron chi connectivity index (χ3n) is 5.07. The molecular formula is C21H26O4S2. The number of aliphatic hydroxyl groups is 1. The first-order valence-electron chi connectivity index (χ1n) is 9.18. The molecule has 0 aliphatic heterocycles. The van der Waals surface area contributed by atoms with Gasteiger partial charge in [0.1, 0.15) is 0 Å². The molecule has 0 unspecified atom stereocenters. The van der Waals surface area contributed by atoms with Crippen molar-refractivity contribution in [2.24, 2.45) is 5.92 Å². The second-order valence-electron chi connectivity index (χ2n) is 7.02. The number of sulfone groups is 1. The van der Waals surface area contributed by atoms with E-state index < -0.39 is 15.9 Å². The Labute approximate surface area is 165 Å². The van der Waals surface area contributed by atoms with Gasteiger partial charge in [0.05, 0.1) is 29.5 Å². The molecule has 0 heterocycles. The summed E-state index contributed by atoms with van der Waals surface area (Å²) in [6.07, 6.45) is 3.24. The lowest BCUT2D eigenvalue weighted by Gasteiger charge is -2.33. The van der Waals surface area contributed by atoms with Crippen LogP contribution in [0.5, 0.6) is 0 Å². The second-order valence-corrected chi connectivity index (χ2v) is 9.93. The van der Waals surface area contributed by atoms with Gasteiger partial charge in [0.15, 0.2) is 9.84 Å². The Bertz CT molecular complexity index is 819. The summed E-state index contributed by atoms with van der Waals surface area (Å²) in [6.45, 7) is 0.511. The van der Waals surface area contributed by atoms with Crippen LogP contribution in [0.15, 0.2) is 64.4 Å². The van der Waals surface area contributed by atoms with Gasteiger partial charge in [0, 0.05) is 10.8 Å². The Balaban J connectivity index is 1.61. The Morgan fingerprint density at radius 2 is 1.78 bits per heavy atom. The Morgan fingerprint density at radius 3 is 2.44 bits per heavy atom. The van der Waals surface area contributed by atoms with E-state index in [1.54, 1.807) is 23.9 Å². The lowest BCUT2D eigenvalue weighted by atomic mass is 9.86. The molecule has 1 N–H and O–H groups in total. The van der Waals surface area contributed by atoms with Crippen molar-refractivity contribution in [2.45, 2.75) is 47.9 Å². The fourth-order valence-corrected chi connectivity index (χ4v) is 5.56. The molecule has 3 atom stereocenters. The van der Waals surface area contributed by atoms with Crippen molar-refractivity contribution in [3.8, 4) is 0 Å². The number of ether oxygens (including phenoxy) is 1. The van der Waals surface area contributed by atoms with Crippen molar-refractivity contribution in [1.82, 2.24) is 0 Å². The molecule has 0 bridgehead atoms. The molecule has 0 spiro atoms. The summed E-state index contributed by atoms with van der Waals surface area (Å²) in [5.41, 5.74) is 1.10. The number of aliphatic hydroxyl groups excluding tert-OH is 1. The fourth-order valence-electron chi connectivity index (χ4n) is 3.48. The second kappa shape index (κ2) is 9.24. The molecule has 6 heteroatoms. The number of benzene rings is 2. The number of rotatable bonds is 7. The standard InChI is InChI=1S/C21H26O4S2/c1-26-19-8-10-20(11-9-19)27(23,24)15-17-13-18(7-12-21(17)22)25-14-16-5-3-2-4-6-16/h2-6,8-11,17-18,21-22H,7,12-15H2,1H3/t17-,18-,21+/m0/s1. The third-order valence-corrected chi connectivity index (χ3v) is 7.68. The van der Waals surface area contributed by atoms with Crippen molar-refractivity contribution in [2.75, 3.05) is 12.0 Å². The van der Waals surface area contributed by atoms with Crippen molar-refractivity contribution in [3.63, 3.8) is 0 Å². The van der Waals surface area contributed by atoms with E-state index in [-0.39, 0.29) is 17.8 Å². The highest BCUT2D eigenvalue weighted by molar-refractivity contribution is 7.98. The maximum atomic E-state index is 12.8. The van der Waals surface area contributed by atoms with E-state index in [0.29, 0.717) is 24.3 Å². The van der Waals surface area contributed by atoms with Gasteiger partial charge in [-0.25, -0.2) is 8.42 Å². The van der Waals surface area contributed by atoms with Crippen molar-refractivity contribution in [3.05, 3.63) is 60.2 Å². The molecule has 146 valence electrons. The molecule has 0 aromatic heterocycles. The summed E-state index contributed by atoms with van der Waals surface area (Å²) < 4.78 is 31.5. The lowest BCUT2D eigenvalue weighted by Crippen LogP contribution is -2.37. The molecule has 0 amide bonds. The van der Waals surface area contributed by atoms with Gasteiger partial charge in [0.25, 0.3) is 0 Å². The molecule has 0 saturated heterocycles. The fraction of sp³-hybridized carbons (Fsp3) is 0.429. The van der Waals surface area contributed by atoms with E-state index in [1.165, 1.54) is 0 Å². The lowest BCUT2D eigenvalue weighted by molar-refractivity contribution is -0.0351. The summed E-state index contributed by atoms with van der Waals surface area (Å²) in [7, 11) is -3.43. The molecule has 1 aliphatic carbocycles. The van der Waals surface area contributed by atoms with E-state index in [4.69, 9.17) is 4.74 Å². The average molecular weight is 407 g/mol. The Morgan fingerprint density at radius 1 is 1.07 bits per heavy atom. The molecule has 3 rings (SSSR count). The van der Waals surface area contributed by atoms with Crippen molar-refractivity contribution < 1.29 is 18.3 Å². The van der Waals surface area contributed by atoms with E-state index in [9.17, 15) is 13.5 Å². The molecule has 27 heavy (non-hydrogen) atoms. The van der Waals surface area contributed by atoms with Gasteiger partial charge in [-0.15, -0.1) is 11.8 Å². The summed E-state index contributed by atoms with van der Waals surface area (Å²) in [4.78, 5) is 1.35. The Hall–Kier alpha value is -1.34. The third kappa shape index (κ3) is 5.57. The highest BCUT2D eigenvalue weighted by Gasteiger charge is 2.33. The molecule has 2 aromatic carbocycles. The van der Waals surface area contributed by atoms with E-state index in [0.717, 1.165) is 16.9 Å². The molecule has 0 radical (unpaired) electrons. The first-order valence-corrected chi connectivity index (χ1v) is 12.1. The molecule has 4 nitrogen and oxygen atoms in total. The van der Waals surface area contributed by atoms with Crippen LogP contribution in [-0.4, -0.2) is 37.7 Å². The van der Waals surface area contributed by atoms with Crippen molar-refractivity contribution in [1.29, 1.82) is 0 Å². The number of thioether (sulfide) groups is 1. The maximum Gasteiger partial charge on any atom is 0.178 e. The van der Waals surface area contributed by atoms with E-state index in [2.05, 4.69) is 0 Å². The maximum absolute atomic E-state index is 12.8. The predicted octanol–water partition coefficient (Wildman–Crippen LogP) is 3.93. The molecule has 1 saturated carbocycles. The van der Waals surface area contributed by atoms with Gasteiger partial charge in [-0.1, -0.05) is 30.3 Å². The van der Waals surface area contributed by atoms with Crippen LogP contribution in [0.2, 0.25) is 0 Å². The van der Waals surface area contributed by atoms with Crippen LogP contribution in [-0.2, 0) is 21.2 Å². The minimum atomic E-state index is -3.43. The van der Waals surface area contributed by atoms with Crippen LogP contribution in [0, 0.1) is 5.92 Å². The first kappa shape index (κ1) is 20.4. The average Bonchev–Trinajstić information content (AvgIpc) is 2.69. The topological polar surface area (TPSA) is 63.6 Å². The minimum Gasteiger partial charge on any atom is -0.393 e. The number of hydrogen-bond donors (Lipinski definition) is 1. The van der Waals surface area contributed by atoms with Gasteiger partial charge in [0.2, 0.25) is 0 Å². The zero-order valence-corrected chi connectivity index (χ0v) is 17.1. The van der Waals surface area contributed by atoms with Crippen LogP contribution in [0.25, 0.3) is 0 Å². The number of hydrogen-bond acceptors (Lipinski definition) is 5. The van der Waals surface area contributed by atoms with Gasteiger partial charge in [-0.05, 0) is 55.3 Å².